The Morgan fingerprint density at radius 1 is 0.745 bits per heavy atom. The Bertz CT molecular complexity index is 1870. The normalized spacial score (nSPS) is 11.8. The molecular weight excluding hydrogens is 640 g/mol. The summed E-state index contributed by atoms with van der Waals surface area (Å²) in [6.45, 7) is 0. The fourth-order valence-electron chi connectivity index (χ4n) is 6.16. The van der Waals surface area contributed by atoms with Crippen LogP contribution in [0.15, 0.2) is 152 Å². The van der Waals surface area contributed by atoms with Crippen molar-refractivity contribution in [2.24, 2.45) is 5.73 Å². The van der Waals surface area contributed by atoms with Crippen molar-refractivity contribution in [3.63, 3.8) is 0 Å². The number of primary amides is 1. The van der Waals surface area contributed by atoms with Crippen molar-refractivity contribution in [3.8, 4) is 0 Å². The first kappa shape index (κ1) is 37.5. The number of H-pyrrole nitrogens is 1. The highest BCUT2D eigenvalue weighted by Gasteiger charge is 2.34. The minimum Gasteiger partial charge on any atom is -0.480 e. The molecule has 9 heteroatoms. The lowest BCUT2D eigenvalue weighted by atomic mass is 9.77. The molecule has 2 amide bonds. The van der Waals surface area contributed by atoms with Gasteiger partial charge in [0.25, 0.3) is 0 Å². The molecule has 6 N–H and O–H groups in total. The first-order valence-corrected chi connectivity index (χ1v) is 16.5. The number of rotatable bonds is 12. The number of nitrogens with one attached hydrogen (secondary N) is 3. The molecule has 0 saturated heterocycles. The van der Waals surface area contributed by atoms with Crippen LogP contribution in [-0.4, -0.2) is 47.8 Å². The summed E-state index contributed by atoms with van der Waals surface area (Å²) >= 11 is 0. The van der Waals surface area contributed by atoms with Crippen molar-refractivity contribution >= 4 is 35.5 Å². The fourth-order valence-corrected chi connectivity index (χ4v) is 6.16. The molecule has 260 valence electrons. The fraction of sp³-hybridized carbons (Fsp3) is 0.143. The maximum Gasteiger partial charge on any atom is 0.326 e. The average molecular weight is 683 g/mol. The highest BCUT2D eigenvalue weighted by Crippen LogP contribution is 2.36. The largest absolute Gasteiger partial charge is 0.480 e. The predicted octanol–water partition coefficient (Wildman–Crippen LogP) is 5.95. The Labute approximate surface area is 297 Å². The molecule has 1 heterocycles. The van der Waals surface area contributed by atoms with Crippen molar-refractivity contribution in [2.75, 3.05) is 7.05 Å². The second-order valence-electron chi connectivity index (χ2n) is 11.6. The van der Waals surface area contributed by atoms with E-state index in [-0.39, 0.29) is 18.4 Å². The number of para-hydroxylation sites is 1. The molecule has 9 nitrogen and oxygen atoms in total. The zero-order valence-electron chi connectivity index (χ0n) is 28.3. The Morgan fingerprint density at radius 2 is 1.20 bits per heavy atom. The lowest BCUT2D eigenvalue weighted by Gasteiger charge is -2.35. The van der Waals surface area contributed by atoms with Gasteiger partial charge in [0.05, 0.1) is 11.5 Å². The van der Waals surface area contributed by atoms with E-state index < -0.39 is 23.8 Å². The SMILES string of the molecule is CNC(c1ccccc1)(c1ccccc1)c1ccccc1.NC=O.O=CCC(NC(=O)C(Cc1c[nH]c2ccccc12)c1ccccc1)C(=O)O. The maximum atomic E-state index is 12.9. The number of aldehydes is 1. The molecule has 0 fully saturated rings. The number of nitrogens with two attached hydrogens (primary N) is 1. The van der Waals surface area contributed by atoms with Gasteiger partial charge in [-0.2, -0.15) is 0 Å². The molecule has 6 aromatic rings. The number of benzene rings is 5. The molecule has 2 unspecified atom stereocenters. The van der Waals surface area contributed by atoms with Crippen LogP contribution in [0.2, 0.25) is 0 Å². The number of hydrogen-bond donors (Lipinski definition) is 5. The summed E-state index contributed by atoms with van der Waals surface area (Å²) < 4.78 is 0. The van der Waals surface area contributed by atoms with Gasteiger partial charge in [0.2, 0.25) is 12.3 Å². The highest BCUT2D eigenvalue weighted by molar-refractivity contribution is 5.90. The van der Waals surface area contributed by atoms with Crippen molar-refractivity contribution in [1.29, 1.82) is 0 Å². The average Bonchev–Trinajstić information content (AvgIpc) is 3.59. The molecule has 0 spiro atoms. The quantitative estimate of drug-likeness (QED) is 0.0794. The molecule has 2 atom stereocenters. The number of carbonyl (C=O) groups excluding carboxylic acids is 3. The maximum absolute atomic E-state index is 12.9. The van der Waals surface area contributed by atoms with Crippen molar-refractivity contribution in [2.45, 2.75) is 30.3 Å². The van der Waals surface area contributed by atoms with E-state index in [0.717, 1.165) is 22.0 Å². The minimum absolute atomic E-state index is 0.250. The Morgan fingerprint density at radius 3 is 1.65 bits per heavy atom. The summed E-state index contributed by atoms with van der Waals surface area (Å²) in [6, 6.07) is 47.6. The van der Waals surface area contributed by atoms with E-state index >= 15 is 0 Å². The molecule has 0 bridgehead atoms. The van der Waals surface area contributed by atoms with E-state index in [1.54, 1.807) is 0 Å². The molecule has 0 aliphatic carbocycles. The predicted molar refractivity (Wildman–Crippen MR) is 200 cm³/mol. The lowest BCUT2D eigenvalue weighted by molar-refractivity contribution is -0.142. The third-order valence-electron chi connectivity index (χ3n) is 8.56. The number of carboxylic acids is 1. The van der Waals surface area contributed by atoms with Gasteiger partial charge in [-0.1, -0.05) is 140 Å². The molecule has 0 aliphatic rings. The van der Waals surface area contributed by atoms with Crippen LogP contribution in [0.4, 0.5) is 0 Å². The van der Waals surface area contributed by atoms with Crippen LogP contribution >= 0.6 is 0 Å². The van der Waals surface area contributed by atoms with Gasteiger partial charge in [-0.25, -0.2) is 4.79 Å². The lowest BCUT2D eigenvalue weighted by Crippen LogP contribution is -2.43. The summed E-state index contributed by atoms with van der Waals surface area (Å²) in [5, 5.41) is 16.3. The molecular formula is C42H42N4O5. The van der Waals surface area contributed by atoms with Gasteiger partial charge in [0.1, 0.15) is 12.3 Å². The molecule has 0 saturated carbocycles. The van der Waals surface area contributed by atoms with Gasteiger partial charge in [0, 0.05) is 23.5 Å². The summed E-state index contributed by atoms with van der Waals surface area (Å²) in [5.41, 5.74) is 10.3. The van der Waals surface area contributed by atoms with Crippen LogP contribution in [0.25, 0.3) is 10.9 Å². The Hall–Kier alpha value is -6.32. The van der Waals surface area contributed by atoms with Crippen LogP contribution in [0, 0.1) is 0 Å². The second-order valence-corrected chi connectivity index (χ2v) is 11.6. The smallest absolute Gasteiger partial charge is 0.326 e. The summed E-state index contributed by atoms with van der Waals surface area (Å²) in [7, 11) is 2.02. The Balaban J connectivity index is 0.000000218. The number of hydrogen-bond acceptors (Lipinski definition) is 5. The summed E-state index contributed by atoms with van der Waals surface area (Å²) in [6.07, 6.45) is 2.76. The van der Waals surface area contributed by atoms with E-state index in [1.165, 1.54) is 16.7 Å². The first-order valence-electron chi connectivity index (χ1n) is 16.5. The molecule has 1 aromatic heterocycles. The second kappa shape index (κ2) is 19.0. The van der Waals surface area contributed by atoms with Crippen molar-refractivity contribution in [1.82, 2.24) is 15.6 Å². The molecule has 5 aromatic carbocycles. The van der Waals surface area contributed by atoms with Gasteiger partial charge in [-0.3, -0.25) is 9.59 Å². The number of carboxylic acid groups (broad SMARTS) is 1. The third-order valence-corrected chi connectivity index (χ3v) is 8.56. The van der Waals surface area contributed by atoms with E-state index in [2.05, 4.69) is 112 Å². The van der Waals surface area contributed by atoms with E-state index in [0.29, 0.717) is 12.7 Å². The van der Waals surface area contributed by atoms with Gasteiger partial charge in [0.15, 0.2) is 0 Å². The number of aliphatic carboxylic acids is 1. The van der Waals surface area contributed by atoms with E-state index in [9.17, 15) is 19.5 Å². The van der Waals surface area contributed by atoms with E-state index in [4.69, 9.17) is 4.79 Å². The zero-order valence-corrected chi connectivity index (χ0v) is 28.3. The molecule has 51 heavy (non-hydrogen) atoms. The van der Waals surface area contributed by atoms with Crippen LogP contribution in [-0.2, 0) is 31.1 Å². The number of carbonyl (C=O) groups is 4. The van der Waals surface area contributed by atoms with Crippen LogP contribution < -0.4 is 16.4 Å². The first-order chi connectivity index (χ1) is 24.9. The zero-order chi connectivity index (χ0) is 36.5. The van der Waals surface area contributed by atoms with Crippen LogP contribution in [0.3, 0.4) is 0 Å². The third kappa shape index (κ3) is 9.44. The van der Waals surface area contributed by atoms with Crippen LogP contribution in [0.5, 0.6) is 0 Å². The number of fused-ring (bicyclic) bond motifs is 1. The van der Waals surface area contributed by atoms with Gasteiger partial charge < -0.3 is 31.3 Å². The standard InChI is InChI=1S/C21H20N2O4.C20H19N.CH3NO/c24-11-10-19(21(26)27)23-20(25)17(14-6-2-1-3-7-14)12-15-13-22-18-9-5-4-8-16(15)18;1-21-20(17-11-5-2-6-12-17,18-13-7-3-8-14-18)19-15-9-4-10-16-19;2-1-3/h1-9,11,13,17,19,22H,10,12H2,(H,23,25)(H,26,27);2-16,21H,1H3;1H,(H2,2,3). The molecule has 0 radical (unpaired) electrons. The van der Waals surface area contributed by atoms with Crippen molar-refractivity contribution in [3.05, 3.63) is 180 Å². The number of amides is 2. The van der Waals surface area contributed by atoms with Gasteiger partial charge in [-0.15, -0.1) is 0 Å². The minimum atomic E-state index is -1.23. The summed E-state index contributed by atoms with van der Waals surface area (Å²) in [4.78, 5) is 46.7. The molecule has 0 aliphatic heterocycles. The Kier molecular flexibility index (Phi) is 14.0. The van der Waals surface area contributed by atoms with Gasteiger partial charge in [-0.05, 0) is 47.4 Å². The highest BCUT2D eigenvalue weighted by atomic mass is 16.4. The molecule has 6 rings (SSSR count). The number of aromatic amines is 1. The van der Waals surface area contributed by atoms with Crippen molar-refractivity contribution < 1.29 is 24.3 Å². The van der Waals surface area contributed by atoms with Crippen LogP contribution in [0.1, 0.15) is 40.2 Å². The summed E-state index contributed by atoms with van der Waals surface area (Å²) in [5.74, 6) is -2.21. The number of aromatic nitrogens is 1. The monoisotopic (exact) mass is 682 g/mol. The van der Waals surface area contributed by atoms with E-state index in [1.807, 2.05) is 67.8 Å². The van der Waals surface area contributed by atoms with Gasteiger partial charge >= 0.3 is 5.97 Å². The topological polar surface area (TPSA) is 154 Å².